The van der Waals surface area contributed by atoms with E-state index in [9.17, 15) is 8.42 Å². The van der Waals surface area contributed by atoms with Crippen molar-refractivity contribution in [2.45, 2.75) is 44.6 Å². The second-order valence-corrected chi connectivity index (χ2v) is 8.40. The molecule has 0 amide bonds. The molecular weight excluding hydrogens is 350 g/mol. The van der Waals surface area contributed by atoms with Crippen molar-refractivity contribution in [2.75, 3.05) is 23.2 Å². The highest BCUT2D eigenvalue weighted by atomic mass is 32.2. The molecule has 0 bridgehead atoms. The Hall–Kier alpha value is -2.12. The molecule has 1 fully saturated rings. The Balaban J connectivity index is 1.70. The lowest BCUT2D eigenvalue weighted by atomic mass is 10.1. The lowest BCUT2D eigenvalue weighted by molar-refractivity contribution is 0.120. The third-order valence-electron chi connectivity index (χ3n) is 4.43. The summed E-state index contributed by atoms with van der Waals surface area (Å²) >= 11 is 0. The predicted molar refractivity (Wildman–Crippen MR) is 103 cm³/mol. The number of pyridine rings is 1. The van der Waals surface area contributed by atoms with E-state index in [2.05, 4.69) is 15.0 Å². The van der Waals surface area contributed by atoms with Gasteiger partial charge >= 0.3 is 0 Å². The molecule has 1 saturated heterocycles. The largest absolute Gasteiger partial charge is 0.381 e. The maximum absolute atomic E-state index is 12.8. The van der Waals surface area contributed by atoms with Gasteiger partial charge in [-0.3, -0.25) is 4.72 Å². The second-order valence-electron chi connectivity index (χ2n) is 6.78. The first-order valence-corrected chi connectivity index (χ1v) is 10.3. The van der Waals surface area contributed by atoms with Crippen LogP contribution in [0.15, 0.2) is 35.4 Å². The molecule has 2 heterocycles. The van der Waals surface area contributed by atoms with Crippen LogP contribution < -0.4 is 10.0 Å². The van der Waals surface area contributed by atoms with E-state index in [-0.39, 0.29) is 6.10 Å². The van der Waals surface area contributed by atoms with Crippen molar-refractivity contribution in [3.05, 3.63) is 47.2 Å². The molecule has 7 heteroatoms. The Bertz CT molecular complexity index is 850. The number of anilines is 2. The highest BCUT2D eigenvalue weighted by Gasteiger charge is 2.20. The van der Waals surface area contributed by atoms with Crippen molar-refractivity contribution >= 4 is 21.5 Å². The summed E-state index contributed by atoms with van der Waals surface area (Å²) in [6.45, 7) is 7.12. The highest BCUT2D eigenvalue weighted by molar-refractivity contribution is 7.92. The van der Waals surface area contributed by atoms with Crippen molar-refractivity contribution in [3.63, 3.8) is 0 Å². The minimum atomic E-state index is -3.68. The van der Waals surface area contributed by atoms with Crippen LogP contribution in [0.1, 0.15) is 29.5 Å². The van der Waals surface area contributed by atoms with Crippen LogP contribution in [0, 0.1) is 20.8 Å². The summed E-state index contributed by atoms with van der Waals surface area (Å²) in [7, 11) is -3.68. The van der Waals surface area contributed by atoms with Gasteiger partial charge in [0, 0.05) is 13.2 Å². The fraction of sp³-hybridized carbons (Fsp3) is 0.421. The quantitative estimate of drug-likeness (QED) is 0.809. The van der Waals surface area contributed by atoms with Crippen molar-refractivity contribution in [1.29, 1.82) is 0 Å². The summed E-state index contributed by atoms with van der Waals surface area (Å²) in [4.78, 5) is 4.53. The monoisotopic (exact) mass is 375 g/mol. The molecule has 0 saturated carbocycles. The standard InChI is InChI=1S/C19H25N3O3S/c1-13-9-14(2)19(15(3)10-13)26(23,24)22-18-7-6-16(11-21-18)20-12-17-5-4-8-25-17/h6-7,9-11,17,20H,4-5,8,12H2,1-3H3,(H,21,22). The molecule has 2 N–H and O–H groups in total. The van der Waals surface area contributed by atoms with Crippen LogP contribution in [0.2, 0.25) is 0 Å². The van der Waals surface area contributed by atoms with Crippen molar-refractivity contribution < 1.29 is 13.2 Å². The number of sulfonamides is 1. The average molecular weight is 375 g/mol. The topological polar surface area (TPSA) is 80.3 Å². The van der Waals surface area contributed by atoms with Crippen LogP contribution in [0.25, 0.3) is 0 Å². The Morgan fingerprint density at radius 3 is 2.50 bits per heavy atom. The fourth-order valence-electron chi connectivity index (χ4n) is 3.38. The molecule has 1 aliphatic heterocycles. The number of ether oxygens (including phenoxy) is 1. The van der Waals surface area contributed by atoms with Gasteiger partial charge in [0.1, 0.15) is 5.82 Å². The van der Waals surface area contributed by atoms with E-state index in [0.717, 1.165) is 48.4 Å². The van der Waals surface area contributed by atoms with Gasteiger partial charge < -0.3 is 10.1 Å². The number of aromatic nitrogens is 1. The summed E-state index contributed by atoms with van der Waals surface area (Å²) in [6.07, 6.45) is 4.03. The zero-order chi connectivity index (χ0) is 18.7. The van der Waals surface area contributed by atoms with E-state index in [0.29, 0.717) is 10.7 Å². The molecule has 1 atom stereocenters. The molecule has 1 unspecified atom stereocenters. The lowest BCUT2D eigenvalue weighted by Crippen LogP contribution is -2.19. The van der Waals surface area contributed by atoms with Crippen molar-refractivity contribution in [3.8, 4) is 0 Å². The number of hydrogen-bond acceptors (Lipinski definition) is 5. The first-order chi connectivity index (χ1) is 12.3. The summed E-state index contributed by atoms with van der Waals surface area (Å²) in [6, 6.07) is 7.21. The van der Waals surface area contributed by atoms with Crippen LogP contribution in [0.5, 0.6) is 0 Å². The molecule has 26 heavy (non-hydrogen) atoms. The zero-order valence-corrected chi connectivity index (χ0v) is 16.2. The summed E-state index contributed by atoms with van der Waals surface area (Å²) in [5, 5.41) is 3.27. The van der Waals surface area contributed by atoms with Crippen molar-refractivity contribution in [1.82, 2.24) is 4.98 Å². The number of benzene rings is 1. The number of rotatable bonds is 6. The molecule has 2 aromatic rings. The third-order valence-corrected chi connectivity index (χ3v) is 6.09. The van der Waals surface area contributed by atoms with E-state index < -0.39 is 10.0 Å². The summed E-state index contributed by atoms with van der Waals surface area (Å²) in [5.41, 5.74) is 3.33. The van der Waals surface area contributed by atoms with E-state index >= 15 is 0 Å². The first-order valence-electron chi connectivity index (χ1n) is 8.77. The van der Waals surface area contributed by atoms with Gasteiger partial charge in [0.05, 0.1) is 22.9 Å². The summed E-state index contributed by atoms with van der Waals surface area (Å²) in [5.74, 6) is 0.298. The third kappa shape index (κ3) is 4.34. The van der Waals surface area contributed by atoms with Crippen LogP contribution in [-0.2, 0) is 14.8 Å². The van der Waals surface area contributed by atoms with Crippen LogP contribution in [-0.4, -0.2) is 32.7 Å². The Morgan fingerprint density at radius 2 is 1.92 bits per heavy atom. The fourth-order valence-corrected chi connectivity index (χ4v) is 4.84. The Labute approximate surface area is 155 Å². The van der Waals surface area contributed by atoms with Gasteiger partial charge in [-0.2, -0.15) is 0 Å². The van der Waals surface area contributed by atoms with Crippen LogP contribution >= 0.6 is 0 Å². The Morgan fingerprint density at radius 1 is 1.19 bits per heavy atom. The molecule has 0 aliphatic carbocycles. The maximum atomic E-state index is 12.8. The number of nitrogens with one attached hydrogen (secondary N) is 2. The molecular formula is C19H25N3O3S. The minimum absolute atomic E-state index is 0.237. The van der Waals surface area contributed by atoms with E-state index in [4.69, 9.17) is 4.74 Å². The van der Waals surface area contributed by atoms with Crippen LogP contribution in [0.3, 0.4) is 0 Å². The van der Waals surface area contributed by atoms with Gasteiger partial charge in [0.2, 0.25) is 0 Å². The average Bonchev–Trinajstić information content (AvgIpc) is 3.06. The Kier molecular flexibility index (Phi) is 5.48. The van der Waals surface area contributed by atoms with Gasteiger partial charge in [-0.05, 0) is 56.9 Å². The molecule has 140 valence electrons. The van der Waals surface area contributed by atoms with E-state index in [1.165, 1.54) is 0 Å². The number of aryl methyl sites for hydroxylation is 3. The van der Waals surface area contributed by atoms with Crippen molar-refractivity contribution in [2.24, 2.45) is 0 Å². The number of nitrogens with zero attached hydrogens (tertiary/aromatic N) is 1. The van der Waals surface area contributed by atoms with Gasteiger partial charge in [-0.25, -0.2) is 13.4 Å². The highest BCUT2D eigenvalue weighted by Crippen LogP contribution is 2.24. The van der Waals surface area contributed by atoms with Gasteiger partial charge in [0.15, 0.2) is 0 Å². The molecule has 0 radical (unpaired) electrons. The van der Waals surface area contributed by atoms with Gasteiger partial charge in [0.25, 0.3) is 10.0 Å². The normalized spacial score (nSPS) is 17.3. The SMILES string of the molecule is Cc1cc(C)c(S(=O)(=O)Nc2ccc(NCC3CCCO3)cn2)c(C)c1. The first kappa shape index (κ1) is 18.7. The maximum Gasteiger partial charge on any atom is 0.263 e. The second kappa shape index (κ2) is 7.63. The molecule has 3 rings (SSSR count). The summed E-state index contributed by atoms with van der Waals surface area (Å²) < 4.78 is 33.6. The molecule has 1 aromatic carbocycles. The zero-order valence-electron chi connectivity index (χ0n) is 15.4. The van der Waals surface area contributed by atoms with Gasteiger partial charge in [-0.1, -0.05) is 17.7 Å². The smallest absolute Gasteiger partial charge is 0.263 e. The molecule has 1 aliphatic rings. The molecule has 1 aromatic heterocycles. The lowest BCUT2D eigenvalue weighted by Gasteiger charge is -2.14. The van der Waals surface area contributed by atoms with Crippen LogP contribution in [0.4, 0.5) is 11.5 Å². The number of hydrogen-bond donors (Lipinski definition) is 2. The van der Waals surface area contributed by atoms with E-state index in [1.54, 1.807) is 26.1 Å². The molecule has 0 spiro atoms. The minimum Gasteiger partial charge on any atom is -0.381 e. The van der Waals surface area contributed by atoms with E-state index in [1.807, 2.05) is 25.1 Å². The predicted octanol–water partition coefficient (Wildman–Crippen LogP) is 3.40. The molecule has 6 nitrogen and oxygen atoms in total. The van der Waals surface area contributed by atoms with Gasteiger partial charge in [-0.15, -0.1) is 0 Å².